The molecule has 0 spiro atoms. The van der Waals surface area contributed by atoms with Crippen molar-refractivity contribution < 1.29 is 24.1 Å². The molecule has 0 aliphatic carbocycles. The van der Waals surface area contributed by atoms with Gasteiger partial charge in [0.2, 0.25) is 5.76 Å². The minimum absolute atomic E-state index is 0.0788. The fraction of sp³-hybridized carbons (Fsp3) is 0.105. The van der Waals surface area contributed by atoms with Gasteiger partial charge in [0, 0.05) is 5.56 Å². The predicted molar refractivity (Wildman–Crippen MR) is 95.5 cm³/mol. The van der Waals surface area contributed by atoms with E-state index in [9.17, 15) is 9.59 Å². The Kier molecular flexibility index (Phi) is 5.80. The van der Waals surface area contributed by atoms with Crippen LogP contribution in [0, 0.1) is 0 Å². The van der Waals surface area contributed by atoms with E-state index in [1.807, 2.05) is 42.5 Å². The molecule has 0 saturated carbocycles. The molecule has 0 bridgehead atoms. The lowest BCUT2D eigenvalue weighted by Gasteiger charge is -2.07. The summed E-state index contributed by atoms with van der Waals surface area (Å²) in [6.07, 6.45) is 0. The number of amides is 2. The number of carbonyl (C=O) groups is 2. The molecule has 0 unspecified atom stereocenters. The van der Waals surface area contributed by atoms with Crippen molar-refractivity contribution in [2.75, 3.05) is 13.2 Å². The van der Waals surface area contributed by atoms with Crippen LogP contribution in [0.15, 0.2) is 65.2 Å². The van der Waals surface area contributed by atoms with E-state index in [-0.39, 0.29) is 30.7 Å². The Labute approximate surface area is 154 Å². The van der Waals surface area contributed by atoms with Gasteiger partial charge in [0.15, 0.2) is 0 Å². The van der Waals surface area contributed by atoms with Gasteiger partial charge in [-0.05, 0) is 28.4 Å². The van der Waals surface area contributed by atoms with Crippen molar-refractivity contribution in [3.63, 3.8) is 0 Å². The standard InChI is InChI=1S/C19H17N3O5/c23-18(15-8-6-14(7-9-15)13-4-2-1-3-5-13)20-10-11-26-17-12-16(27-22-17)19(24)21-25/h1-9,12,25H,10-11H2,(H,20,23)(H,21,24). The third-order valence-electron chi connectivity index (χ3n) is 3.71. The van der Waals surface area contributed by atoms with E-state index < -0.39 is 5.91 Å². The van der Waals surface area contributed by atoms with Crippen LogP contribution in [0.5, 0.6) is 5.88 Å². The topological polar surface area (TPSA) is 114 Å². The van der Waals surface area contributed by atoms with Gasteiger partial charge >= 0.3 is 5.91 Å². The lowest BCUT2D eigenvalue weighted by Crippen LogP contribution is -2.28. The summed E-state index contributed by atoms with van der Waals surface area (Å²) >= 11 is 0. The second-order valence-electron chi connectivity index (χ2n) is 5.52. The number of hydrogen-bond donors (Lipinski definition) is 3. The molecular weight excluding hydrogens is 350 g/mol. The van der Waals surface area contributed by atoms with Crippen molar-refractivity contribution in [2.45, 2.75) is 0 Å². The summed E-state index contributed by atoms with van der Waals surface area (Å²) < 4.78 is 9.94. The number of hydrogen-bond acceptors (Lipinski definition) is 6. The van der Waals surface area contributed by atoms with Crippen LogP contribution in [0.2, 0.25) is 0 Å². The summed E-state index contributed by atoms with van der Waals surface area (Å²) in [4.78, 5) is 23.3. The van der Waals surface area contributed by atoms with Gasteiger partial charge in [-0.15, -0.1) is 0 Å². The van der Waals surface area contributed by atoms with Crippen molar-refractivity contribution in [3.05, 3.63) is 72.0 Å². The van der Waals surface area contributed by atoms with Gasteiger partial charge < -0.3 is 14.6 Å². The molecule has 27 heavy (non-hydrogen) atoms. The first-order valence-corrected chi connectivity index (χ1v) is 8.15. The number of nitrogens with one attached hydrogen (secondary N) is 2. The third kappa shape index (κ3) is 4.71. The summed E-state index contributed by atoms with van der Waals surface area (Å²) in [7, 11) is 0. The van der Waals surface area contributed by atoms with E-state index in [0.717, 1.165) is 11.1 Å². The van der Waals surface area contributed by atoms with Crippen LogP contribution in [-0.2, 0) is 0 Å². The molecule has 0 saturated heterocycles. The van der Waals surface area contributed by atoms with Gasteiger partial charge in [0.05, 0.1) is 12.6 Å². The molecule has 3 N–H and O–H groups in total. The second kappa shape index (κ2) is 8.63. The van der Waals surface area contributed by atoms with E-state index >= 15 is 0 Å². The maximum absolute atomic E-state index is 12.2. The number of ether oxygens (including phenoxy) is 1. The first kappa shape index (κ1) is 18.2. The summed E-state index contributed by atoms with van der Waals surface area (Å²) in [5, 5.41) is 14.7. The summed E-state index contributed by atoms with van der Waals surface area (Å²) in [5.41, 5.74) is 4.08. The van der Waals surface area contributed by atoms with Gasteiger partial charge in [0.1, 0.15) is 6.61 Å². The highest BCUT2D eigenvalue weighted by Crippen LogP contribution is 2.19. The molecule has 0 aliphatic rings. The van der Waals surface area contributed by atoms with Crippen molar-refractivity contribution in [2.24, 2.45) is 0 Å². The van der Waals surface area contributed by atoms with Crippen LogP contribution in [0.25, 0.3) is 11.1 Å². The molecule has 8 heteroatoms. The molecule has 2 aromatic carbocycles. The average molecular weight is 367 g/mol. The number of hydroxylamine groups is 1. The quantitative estimate of drug-likeness (QED) is 0.335. The molecule has 0 aliphatic heterocycles. The summed E-state index contributed by atoms with van der Waals surface area (Å²) in [6, 6.07) is 18.4. The predicted octanol–water partition coefficient (Wildman–Crippen LogP) is 2.27. The molecule has 3 rings (SSSR count). The molecule has 8 nitrogen and oxygen atoms in total. The number of rotatable bonds is 7. The summed E-state index contributed by atoms with van der Waals surface area (Å²) in [5.74, 6) is -1.16. The monoisotopic (exact) mass is 367 g/mol. The molecule has 138 valence electrons. The van der Waals surface area contributed by atoms with E-state index in [4.69, 9.17) is 9.94 Å². The summed E-state index contributed by atoms with van der Waals surface area (Å²) in [6.45, 7) is 0.383. The molecule has 2 amide bonds. The smallest absolute Gasteiger partial charge is 0.313 e. The van der Waals surface area contributed by atoms with Crippen LogP contribution in [0.4, 0.5) is 0 Å². The Hall–Kier alpha value is -3.65. The third-order valence-corrected chi connectivity index (χ3v) is 3.71. The molecule has 0 radical (unpaired) electrons. The zero-order valence-electron chi connectivity index (χ0n) is 14.2. The van der Waals surface area contributed by atoms with E-state index in [1.54, 1.807) is 12.1 Å². The van der Waals surface area contributed by atoms with Gasteiger partial charge in [0.25, 0.3) is 11.8 Å². The first-order chi connectivity index (χ1) is 13.2. The van der Waals surface area contributed by atoms with E-state index in [2.05, 4.69) is 15.0 Å². The number of benzene rings is 2. The lowest BCUT2D eigenvalue weighted by molar-refractivity contribution is 0.0666. The Morgan fingerprint density at radius 2 is 1.70 bits per heavy atom. The highest BCUT2D eigenvalue weighted by atomic mass is 16.5. The van der Waals surface area contributed by atoms with Gasteiger partial charge in [-0.2, -0.15) is 0 Å². The Balaban J connectivity index is 1.47. The zero-order chi connectivity index (χ0) is 19.1. The SMILES string of the molecule is O=C(NCCOc1cc(C(=O)NO)on1)c1ccc(-c2ccccc2)cc1. The van der Waals surface area contributed by atoms with Gasteiger partial charge in [-0.3, -0.25) is 14.8 Å². The fourth-order valence-electron chi connectivity index (χ4n) is 2.36. The first-order valence-electron chi connectivity index (χ1n) is 8.15. The minimum atomic E-state index is -0.829. The van der Waals surface area contributed by atoms with Crippen molar-refractivity contribution in [3.8, 4) is 17.0 Å². The Morgan fingerprint density at radius 1 is 1.00 bits per heavy atom. The van der Waals surface area contributed by atoms with Crippen LogP contribution >= 0.6 is 0 Å². The highest BCUT2D eigenvalue weighted by Gasteiger charge is 2.12. The van der Waals surface area contributed by atoms with Gasteiger partial charge in [-0.1, -0.05) is 42.5 Å². The fourth-order valence-corrected chi connectivity index (χ4v) is 2.36. The van der Waals surface area contributed by atoms with Crippen LogP contribution in [0.1, 0.15) is 20.9 Å². The largest absolute Gasteiger partial charge is 0.474 e. The maximum Gasteiger partial charge on any atom is 0.313 e. The van der Waals surface area contributed by atoms with Crippen molar-refractivity contribution >= 4 is 11.8 Å². The Bertz CT molecular complexity index is 907. The minimum Gasteiger partial charge on any atom is -0.474 e. The second-order valence-corrected chi connectivity index (χ2v) is 5.52. The van der Waals surface area contributed by atoms with Crippen LogP contribution < -0.4 is 15.5 Å². The van der Waals surface area contributed by atoms with Crippen LogP contribution in [-0.4, -0.2) is 35.3 Å². The zero-order valence-corrected chi connectivity index (χ0v) is 14.2. The molecule has 0 atom stereocenters. The molecule has 3 aromatic rings. The molecule has 1 aromatic heterocycles. The van der Waals surface area contributed by atoms with E-state index in [0.29, 0.717) is 5.56 Å². The number of nitrogens with zero attached hydrogens (tertiary/aromatic N) is 1. The highest BCUT2D eigenvalue weighted by molar-refractivity contribution is 5.94. The molecule has 0 fully saturated rings. The lowest BCUT2D eigenvalue weighted by atomic mass is 10.0. The molecular formula is C19H17N3O5. The average Bonchev–Trinajstić information content (AvgIpc) is 3.20. The van der Waals surface area contributed by atoms with Gasteiger partial charge in [-0.25, -0.2) is 5.48 Å². The maximum atomic E-state index is 12.2. The Morgan fingerprint density at radius 3 is 2.41 bits per heavy atom. The number of aromatic nitrogens is 1. The van der Waals surface area contributed by atoms with Crippen LogP contribution in [0.3, 0.4) is 0 Å². The molecule has 1 heterocycles. The van der Waals surface area contributed by atoms with Crippen molar-refractivity contribution in [1.29, 1.82) is 0 Å². The number of carbonyl (C=O) groups excluding carboxylic acids is 2. The van der Waals surface area contributed by atoms with Crippen molar-refractivity contribution in [1.82, 2.24) is 16.0 Å². The normalized spacial score (nSPS) is 10.3. The van der Waals surface area contributed by atoms with E-state index in [1.165, 1.54) is 11.5 Å².